The summed E-state index contributed by atoms with van der Waals surface area (Å²) in [5.41, 5.74) is 1.04. The first-order valence-electron chi connectivity index (χ1n) is 19.6. The second-order valence-electron chi connectivity index (χ2n) is 14.5. The van der Waals surface area contributed by atoms with Crippen molar-refractivity contribution >= 4 is 24.1 Å². The largest absolute Gasteiger partial charge is 0.464 e. The third-order valence-corrected chi connectivity index (χ3v) is 10.0. The highest BCUT2D eigenvalue weighted by Crippen LogP contribution is 2.41. The number of benzene rings is 3. The third kappa shape index (κ3) is 12.7. The van der Waals surface area contributed by atoms with E-state index < -0.39 is 65.9 Å². The summed E-state index contributed by atoms with van der Waals surface area (Å²) in [6, 6.07) is 18.3. The molecule has 3 aromatic carbocycles. The first kappa shape index (κ1) is 43.0. The molecule has 0 aromatic heterocycles. The van der Waals surface area contributed by atoms with Crippen LogP contribution in [-0.2, 0) is 59.0 Å². The zero-order chi connectivity index (χ0) is 41.8. The molecular formula is C42H48F3N3O11. The molecule has 0 bridgehead atoms. The lowest BCUT2D eigenvalue weighted by Gasteiger charge is -2.47. The molecule has 17 heteroatoms. The van der Waals surface area contributed by atoms with Crippen molar-refractivity contribution in [3.63, 3.8) is 0 Å². The Morgan fingerprint density at radius 1 is 0.847 bits per heavy atom. The molecule has 2 saturated heterocycles. The Labute approximate surface area is 339 Å². The minimum Gasteiger partial charge on any atom is -0.464 e. The number of carbonyl (C=O) groups excluding carboxylic acids is 4. The van der Waals surface area contributed by atoms with E-state index in [2.05, 4.69) is 16.0 Å². The quantitative estimate of drug-likeness (QED) is 0.113. The predicted molar refractivity (Wildman–Crippen MR) is 203 cm³/mol. The maximum absolute atomic E-state index is 13.3. The van der Waals surface area contributed by atoms with Crippen molar-refractivity contribution in [2.24, 2.45) is 0 Å². The second kappa shape index (κ2) is 19.9. The summed E-state index contributed by atoms with van der Waals surface area (Å²) in [7, 11) is 0. The van der Waals surface area contributed by atoms with Crippen molar-refractivity contribution < 1.29 is 65.5 Å². The monoisotopic (exact) mass is 827 g/mol. The maximum Gasteiger partial charge on any atom is 0.416 e. The van der Waals surface area contributed by atoms with Crippen LogP contribution in [0.4, 0.5) is 22.8 Å². The SMILES string of the molecule is CCOC(=O)[C@H](Cc1ccccc1)NC(=O)CCC1CC(OC(=O)NCc2ccc3c(c2)OCO3)CC2(CCCC(COC(=O)NCc3cccc(C(F)(F)F)c3)O2)O1. The molecule has 3 N–H and O–H groups in total. The number of esters is 1. The van der Waals surface area contributed by atoms with E-state index >= 15 is 0 Å². The number of carbonyl (C=O) groups is 4. The summed E-state index contributed by atoms with van der Waals surface area (Å²) < 4.78 is 79.7. The van der Waals surface area contributed by atoms with Crippen LogP contribution >= 0.6 is 0 Å². The molecular weight excluding hydrogens is 779 g/mol. The van der Waals surface area contributed by atoms with Crippen LogP contribution in [0.15, 0.2) is 72.8 Å². The van der Waals surface area contributed by atoms with Crippen molar-refractivity contribution in [2.45, 2.75) is 108 Å². The zero-order valence-corrected chi connectivity index (χ0v) is 32.6. The van der Waals surface area contributed by atoms with Crippen LogP contribution < -0.4 is 25.4 Å². The highest BCUT2D eigenvalue weighted by molar-refractivity contribution is 5.84. The van der Waals surface area contributed by atoms with Crippen LogP contribution in [0.3, 0.4) is 0 Å². The van der Waals surface area contributed by atoms with Gasteiger partial charge in [-0.15, -0.1) is 0 Å². The van der Waals surface area contributed by atoms with Crippen LogP contribution in [0.2, 0.25) is 0 Å². The van der Waals surface area contributed by atoms with E-state index in [9.17, 15) is 32.3 Å². The number of nitrogens with one attached hydrogen (secondary N) is 3. The van der Waals surface area contributed by atoms with E-state index in [0.29, 0.717) is 30.8 Å². The van der Waals surface area contributed by atoms with Crippen molar-refractivity contribution in [2.75, 3.05) is 20.0 Å². The fraction of sp³-hybridized carbons (Fsp3) is 0.476. The highest BCUT2D eigenvalue weighted by atomic mass is 19.4. The molecule has 0 saturated carbocycles. The Morgan fingerprint density at radius 2 is 1.58 bits per heavy atom. The molecule has 0 aliphatic carbocycles. The molecule has 3 heterocycles. The van der Waals surface area contributed by atoms with Crippen LogP contribution in [0.25, 0.3) is 0 Å². The molecule has 59 heavy (non-hydrogen) atoms. The minimum atomic E-state index is -4.52. The molecule has 3 aliphatic rings. The van der Waals surface area contributed by atoms with Gasteiger partial charge in [-0.2, -0.15) is 13.2 Å². The lowest BCUT2D eigenvalue weighted by atomic mass is 9.90. The van der Waals surface area contributed by atoms with Gasteiger partial charge in [0.1, 0.15) is 18.8 Å². The summed E-state index contributed by atoms with van der Waals surface area (Å²) in [5, 5.41) is 8.03. The van der Waals surface area contributed by atoms with Gasteiger partial charge in [0.15, 0.2) is 17.3 Å². The minimum absolute atomic E-state index is 0.0208. The van der Waals surface area contributed by atoms with Gasteiger partial charge >= 0.3 is 24.3 Å². The lowest BCUT2D eigenvalue weighted by Crippen LogP contribution is -2.54. The van der Waals surface area contributed by atoms with Crippen LogP contribution in [0, 0.1) is 0 Å². The number of halogens is 3. The van der Waals surface area contributed by atoms with E-state index in [0.717, 1.165) is 23.3 Å². The van der Waals surface area contributed by atoms with Crippen molar-refractivity contribution in [1.29, 1.82) is 0 Å². The topological polar surface area (TPSA) is 169 Å². The lowest BCUT2D eigenvalue weighted by molar-refractivity contribution is -0.329. The third-order valence-electron chi connectivity index (χ3n) is 10.0. The number of fused-ring (bicyclic) bond motifs is 1. The summed E-state index contributed by atoms with van der Waals surface area (Å²) in [6.45, 7) is 1.76. The first-order chi connectivity index (χ1) is 28.4. The van der Waals surface area contributed by atoms with Crippen molar-refractivity contribution in [3.8, 4) is 11.5 Å². The average molecular weight is 828 g/mol. The summed E-state index contributed by atoms with van der Waals surface area (Å²) >= 11 is 0. The fourth-order valence-corrected chi connectivity index (χ4v) is 7.28. The van der Waals surface area contributed by atoms with Gasteiger partial charge in [0.25, 0.3) is 0 Å². The van der Waals surface area contributed by atoms with Gasteiger partial charge in [-0.25, -0.2) is 14.4 Å². The van der Waals surface area contributed by atoms with E-state index in [1.807, 2.05) is 30.3 Å². The predicted octanol–water partition coefficient (Wildman–Crippen LogP) is 6.47. The zero-order valence-electron chi connectivity index (χ0n) is 32.6. The highest BCUT2D eigenvalue weighted by Gasteiger charge is 2.47. The molecule has 3 amide bonds. The van der Waals surface area contributed by atoms with Gasteiger partial charge in [-0.3, -0.25) is 4.79 Å². The molecule has 5 atom stereocenters. The molecule has 6 rings (SSSR count). The second-order valence-corrected chi connectivity index (χ2v) is 14.5. The number of alkyl halides is 3. The van der Waals surface area contributed by atoms with Gasteiger partial charge < -0.3 is 49.1 Å². The Morgan fingerprint density at radius 3 is 2.36 bits per heavy atom. The van der Waals surface area contributed by atoms with E-state index in [-0.39, 0.29) is 70.8 Å². The number of hydrogen-bond donors (Lipinski definition) is 3. The van der Waals surface area contributed by atoms with Gasteiger partial charge in [-0.05, 0) is 67.1 Å². The summed E-state index contributed by atoms with van der Waals surface area (Å²) in [5.74, 6) is -1.00. The number of rotatable bonds is 15. The molecule has 1 spiro atoms. The fourth-order valence-electron chi connectivity index (χ4n) is 7.28. The molecule has 2 fully saturated rings. The molecule has 3 aromatic rings. The Hall–Kier alpha value is -5.55. The summed E-state index contributed by atoms with van der Waals surface area (Å²) in [6.07, 6.45) is -5.56. The van der Waals surface area contributed by atoms with E-state index in [1.54, 1.807) is 25.1 Å². The number of ether oxygens (including phenoxy) is 7. The standard InChI is InChI=1S/C42H48F3N3O11/c1-2-53-38(50)34(19-27-8-4-3-5-9-27)48-37(49)16-14-31-21-33(57-40(52)47-24-29-13-15-35-36(20-29)56-26-55-35)22-41(58-31)17-7-12-32(59-41)25-54-39(51)46-23-28-10-6-11-30(18-28)42(43,44)45/h3-6,8-11,13,15,18,20,31-34H,2,7,12,14,16-17,19,21-26H2,1H3,(H,46,51)(H,47,52)(H,48,49)/t31?,32?,33?,34-,41?/m0/s1. The Balaban J connectivity index is 1.07. The summed E-state index contributed by atoms with van der Waals surface area (Å²) in [4.78, 5) is 51.8. The van der Waals surface area contributed by atoms with Crippen LogP contribution in [-0.4, -0.2) is 74.2 Å². The van der Waals surface area contributed by atoms with Gasteiger partial charge in [-0.1, -0.05) is 48.5 Å². The van der Waals surface area contributed by atoms with Gasteiger partial charge in [0.2, 0.25) is 12.7 Å². The van der Waals surface area contributed by atoms with Gasteiger partial charge in [0.05, 0.1) is 24.4 Å². The first-order valence-corrected chi connectivity index (χ1v) is 19.6. The smallest absolute Gasteiger partial charge is 0.416 e. The van der Waals surface area contributed by atoms with Gasteiger partial charge in [0, 0.05) is 45.2 Å². The molecule has 14 nitrogen and oxygen atoms in total. The number of amides is 3. The molecule has 3 aliphatic heterocycles. The van der Waals surface area contributed by atoms with E-state index in [1.165, 1.54) is 12.1 Å². The average Bonchev–Trinajstić information content (AvgIpc) is 3.69. The van der Waals surface area contributed by atoms with Crippen LogP contribution in [0.1, 0.15) is 74.1 Å². The molecule has 4 unspecified atom stereocenters. The van der Waals surface area contributed by atoms with Crippen molar-refractivity contribution in [3.05, 3.63) is 95.1 Å². The molecule has 0 radical (unpaired) electrons. The number of hydrogen-bond acceptors (Lipinski definition) is 11. The van der Waals surface area contributed by atoms with Crippen molar-refractivity contribution in [1.82, 2.24) is 16.0 Å². The number of alkyl carbamates (subject to hydrolysis) is 2. The Kier molecular flexibility index (Phi) is 14.5. The van der Waals surface area contributed by atoms with Crippen LogP contribution in [0.5, 0.6) is 11.5 Å². The normalized spacial score (nSPS) is 21.5. The Bertz CT molecular complexity index is 1920. The van der Waals surface area contributed by atoms with E-state index in [4.69, 9.17) is 33.2 Å². The molecule has 318 valence electrons. The maximum atomic E-state index is 13.3.